The number of nitrogens with zero attached hydrogens (tertiary/aromatic N) is 6. The van der Waals surface area contributed by atoms with Crippen molar-refractivity contribution in [3.63, 3.8) is 0 Å². The van der Waals surface area contributed by atoms with Crippen molar-refractivity contribution in [2.45, 2.75) is 38.3 Å². The van der Waals surface area contributed by atoms with Crippen LogP contribution in [0.4, 0.5) is 0 Å². The number of hydrogen-bond donors (Lipinski definition) is 0. The summed E-state index contributed by atoms with van der Waals surface area (Å²) in [6.07, 6.45) is 5.50. The molecule has 0 saturated carbocycles. The molecule has 204 valence electrons. The van der Waals surface area contributed by atoms with Crippen LogP contribution in [-0.4, -0.2) is 48.7 Å². The Morgan fingerprint density at radius 1 is 1.21 bits per heavy atom. The first-order valence-corrected chi connectivity index (χ1v) is 12.8. The van der Waals surface area contributed by atoms with Crippen molar-refractivity contribution in [1.82, 2.24) is 24.3 Å². The van der Waals surface area contributed by atoms with E-state index in [0.717, 1.165) is 24.2 Å². The molecule has 2 aromatic heterocycles. The molecule has 0 amide bonds. The van der Waals surface area contributed by atoms with Crippen LogP contribution in [0.3, 0.4) is 0 Å². The molecule has 1 aliphatic heterocycles. The standard InChI is InChI=1S/C25H24Cl2N6O6/c1-2-9-31-15-28-11-23(31)17-3-6-19(7-4-17)36-12-20-13-37-25(38-20,21-8-5-18(26)10-22(21)27)14-32-16-29-24(30-32)39-33(34)35/h3-8,10-11,15-16,20H,2,9,12-14H2,1H3. The van der Waals surface area contributed by atoms with E-state index >= 15 is 0 Å². The highest BCUT2D eigenvalue weighted by Crippen LogP contribution is 2.40. The normalized spacial score (nSPS) is 18.8. The highest BCUT2D eigenvalue weighted by atomic mass is 35.5. The molecule has 5 rings (SSSR count). The number of imidazole rings is 1. The van der Waals surface area contributed by atoms with E-state index in [1.807, 2.05) is 36.8 Å². The van der Waals surface area contributed by atoms with Gasteiger partial charge in [0, 0.05) is 22.7 Å². The van der Waals surface area contributed by atoms with Gasteiger partial charge in [0.2, 0.25) is 5.79 Å². The minimum Gasteiger partial charge on any atom is -0.491 e. The Bertz CT molecular complexity index is 1450. The summed E-state index contributed by atoms with van der Waals surface area (Å²) in [5.74, 6) is -0.708. The van der Waals surface area contributed by atoms with E-state index in [9.17, 15) is 10.1 Å². The van der Waals surface area contributed by atoms with Crippen LogP contribution >= 0.6 is 23.2 Å². The van der Waals surface area contributed by atoms with Gasteiger partial charge in [0.1, 0.15) is 31.3 Å². The highest BCUT2D eigenvalue weighted by molar-refractivity contribution is 6.35. The van der Waals surface area contributed by atoms with Gasteiger partial charge in [-0.1, -0.05) is 36.2 Å². The van der Waals surface area contributed by atoms with Gasteiger partial charge in [-0.25, -0.2) is 14.5 Å². The highest BCUT2D eigenvalue weighted by Gasteiger charge is 2.45. The zero-order valence-corrected chi connectivity index (χ0v) is 22.3. The molecule has 1 saturated heterocycles. The van der Waals surface area contributed by atoms with Crippen LogP contribution in [0, 0.1) is 10.1 Å². The zero-order chi connectivity index (χ0) is 27.4. The monoisotopic (exact) mass is 574 g/mol. The Kier molecular flexibility index (Phi) is 7.98. The van der Waals surface area contributed by atoms with E-state index in [0.29, 0.717) is 21.4 Å². The topological polar surface area (TPSA) is 129 Å². The summed E-state index contributed by atoms with van der Waals surface area (Å²) in [5, 5.41) is 14.4. The molecule has 2 aromatic carbocycles. The van der Waals surface area contributed by atoms with Gasteiger partial charge in [-0.15, -0.1) is 15.2 Å². The average Bonchev–Trinajstić information content (AvgIpc) is 3.64. The summed E-state index contributed by atoms with van der Waals surface area (Å²) >= 11 is 12.6. The van der Waals surface area contributed by atoms with E-state index in [1.54, 1.807) is 18.2 Å². The second-order valence-electron chi connectivity index (χ2n) is 8.78. The van der Waals surface area contributed by atoms with Gasteiger partial charge in [-0.05, 0) is 42.8 Å². The fourth-order valence-electron chi connectivity index (χ4n) is 4.32. The van der Waals surface area contributed by atoms with Crippen molar-refractivity contribution in [3.05, 3.63) is 87.0 Å². The number of benzene rings is 2. The summed E-state index contributed by atoms with van der Waals surface area (Å²) in [4.78, 5) is 23.0. The third-order valence-electron chi connectivity index (χ3n) is 6.01. The largest absolute Gasteiger partial charge is 0.491 e. The Morgan fingerprint density at radius 3 is 2.77 bits per heavy atom. The number of hydrogen-bond acceptors (Lipinski definition) is 9. The predicted octanol–water partition coefficient (Wildman–Crippen LogP) is 4.78. The van der Waals surface area contributed by atoms with Gasteiger partial charge in [0.15, 0.2) is 0 Å². The summed E-state index contributed by atoms with van der Waals surface area (Å²) in [5.41, 5.74) is 2.59. The van der Waals surface area contributed by atoms with Crippen LogP contribution in [0.25, 0.3) is 11.3 Å². The summed E-state index contributed by atoms with van der Waals surface area (Å²) in [6.45, 7) is 3.40. The second kappa shape index (κ2) is 11.6. The van der Waals surface area contributed by atoms with Crippen molar-refractivity contribution >= 4 is 23.2 Å². The Labute approximate surface area is 233 Å². The first kappa shape index (κ1) is 26.9. The molecule has 0 spiro atoms. The number of halogens is 2. The maximum absolute atomic E-state index is 10.6. The molecule has 0 N–H and O–H groups in total. The lowest BCUT2D eigenvalue weighted by molar-refractivity contribution is -0.713. The molecular weight excluding hydrogens is 551 g/mol. The van der Waals surface area contributed by atoms with E-state index in [1.165, 1.54) is 11.0 Å². The van der Waals surface area contributed by atoms with Gasteiger partial charge in [0.05, 0.1) is 29.8 Å². The lowest BCUT2D eigenvalue weighted by atomic mass is 10.1. The van der Waals surface area contributed by atoms with E-state index in [-0.39, 0.29) is 19.8 Å². The molecule has 0 aliphatic carbocycles. The maximum atomic E-state index is 10.6. The fraction of sp³-hybridized carbons (Fsp3) is 0.320. The maximum Gasteiger partial charge on any atom is 0.327 e. The van der Waals surface area contributed by atoms with Crippen LogP contribution in [0.1, 0.15) is 18.9 Å². The minimum atomic E-state index is -1.38. The quantitative estimate of drug-likeness (QED) is 0.183. The van der Waals surface area contributed by atoms with E-state index < -0.39 is 23.0 Å². The minimum absolute atomic E-state index is 0.0148. The number of aryl methyl sites for hydroxylation is 1. The SMILES string of the molecule is CCCn1cncc1-c1ccc(OCC2COC(Cn3cnc(O[N+](=O)[O-])n3)(c3ccc(Cl)cc3Cl)O2)cc1. The molecule has 0 radical (unpaired) electrons. The zero-order valence-electron chi connectivity index (χ0n) is 20.8. The van der Waals surface area contributed by atoms with Gasteiger partial charge in [-0.3, -0.25) is 0 Å². The summed E-state index contributed by atoms with van der Waals surface area (Å²) in [7, 11) is 0. The van der Waals surface area contributed by atoms with Crippen molar-refractivity contribution in [2.24, 2.45) is 0 Å². The lowest BCUT2D eigenvalue weighted by Crippen LogP contribution is -2.35. The number of rotatable bonds is 11. The van der Waals surface area contributed by atoms with Crippen LogP contribution in [-0.2, 0) is 28.4 Å². The van der Waals surface area contributed by atoms with Gasteiger partial charge in [-0.2, -0.15) is 4.98 Å². The molecule has 3 heterocycles. The lowest BCUT2D eigenvalue weighted by Gasteiger charge is -2.29. The smallest absolute Gasteiger partial charge is 0.327 e. The summed E-state index contributed by atoms with van der Waals surface area (Å²) < 4.78 is 21.9. The third kappa shape index (κ3) is 6.14. The van der Waals surface area contributed by atoms with Gasteiger partial charge >= 0.3 is 11.1 Å². The molecular formula is C25H24Cl2N6O6. The average molecular weight is 575 g/mol. The van der Waals surface area contributed by atoms with Crippen LogP contribution in [0.2, 0.25) is 10.0 Å². The molecule has 0 bridgehead atoms. The van der Waals surface area contributed by atoms with Gasteiger partial charge < -0.3 is 18.8 Å². The van der Waals surface area contributed by atoms with Gasteiger partial charge in [0.25, 0.3) is 0 Å². The second-order valence-corrected chi connectivity index (χ2v) is 9.62. The molecule has 2 unspecified atom stereocenters. The van der Waals surface area contributed by atoms with Crippen LogP contribution < -0.4 is 9.57 Å². The fourth-order valence-corrected chi connectivity index (χ4v) is 4.87. The molecule has 12 nitrogen and oxygen atoms in total. The van der Waals surface area contributed by atoms with Crippen LogP contribution in [0.15, 0.2) is 61.3 Å². The number of ether oxygens (including phenoxy) is 3. The molecule has 14 heteroatoms. The molecule has 2 atom stereocenters. The molecule has 4 aromatic rings. The Balaban J connectivity index is 1.29. The third-order valence-corrected chi connectivity index (χ3v) is 6.55. The number of aromatic nitrogens is 5. The first-order chi connectivity index (χ1) is 18.8. The predicted molar refractivity (Wildman–Crippen MR) is 140 cm³/mol. The molecule has 1 fully saturated rings. The van der Waals surface area contributed by atoms with Crippen molar-refractivity contribution in [1.29, 1.82) is 0 Å². The Hall–Kier alpha value is -3.71. The molecule has 1 aliphatic rings. The van der Waals surface area contributed by atoms with Crippen molar-refractivity contribution in [2.75, 3.05) is 13.2 Å². The van der Waals surface area contributed by atoms with Crippen molar-refractivity contribution < 1.29 is 24.1 Å². The van der Waals surface area contributed by atoms with Crippen molar-refractivity contribution in [3.8, 4) is 23.0 Å². The van der Waals surface area contributed by atoms with E-state index in [4.69, 9.17) is 37.4 Å². The Morgan fingerprint density at radius 2 is 2.03 bits per heavy atom. The van der Waals surface area contributed by atoms with Crippen LogP contribution in [0.5, 0.6) is 11.8 Å². The first-order valence-electron chi connectivity index (χ1n) is 12.1. The molecule has 39 heavy (non-hydrogen) atoms. The van der Waals surface area contributed by atoms with E-state index in [2.05, 4.69) is 31.4 Å². The summed E-state index contributed by atoms with van der Waals surface area (Å²) in [6, 6.07) is 12.3.